The van der Waals surface area contributed by atoms with E-state index >= 15 is 0 Å². The van der Waals surface area contributed by atoms with E-state index in [1.54, 1.807) is 24.3 Å². The van der Waals surface area contributed by atoms with E-state index in [4.69, 9.17) is 10.2 Å². The summed E-state index contributed by atoms with van der Waals surface area (Å²) in [5.41, 5.74) is 7.57. The smallest absolute Gasteiger partial charge is 0.270 e. The van der Waals surface area contributed by atoms with Gasteiger partial charge in [0.15, 0.2) is 0 Å². The van der Waals surface area contributed by atoms with Gasteiger partial charge in [-0.1, -0.05) is 0 Å². The summed E-state index contributed by atoms with van der Waals surface area (Å²) in [6.07, 6.45) is 0. The normalized spacial score (nSPS) is 11.1. The molecule has 17 heavy (non-hydrogen) atoms. The van der Waals surface area contributed by atoms with Crippen molar-refractivity contribution in [3.8, 4) is 0 Å². The highest BCUT2D eigenvalue weighted by Gasteiger charge is 2.12. The lowest BCUT2D eigenvalue weighted by molar-refractivity contribution is -0.384. The Balaban J connectivity index is 2.41. The molecule has 0 amide bonds. The number of benzene rings is 2. The van der Waals surface area contributed by atoms with Gasteiger partial charge >= 0.3 is 0 Å². The van der Waals surface area contributed by atoms with Crippen molar-refractivity contribution in [3.63, 3.8) is 0 Å². The zero-order valence-electron chi connectivity index (χ0n) is 8.71. The Labute approximate surface area is 95.6 Å². The molecule has 1 aromatic heterocycles. The van der Waals surface area contributed by atoms with Crippen molar-refractivity contribution >= 4 is 33.3 Å². The highest BCUT2D eigenvalue weighted by molar-refractivity contribution is 6.06. The minimum absolute atomic E-state index is 0.0528. The maximum atomic E-state index is 10.7. The Morgan fingerprint density at radius 2 is 1.88 bits per heavy atom. The van der Waals surface area contributed by atoms with Crippen LogP contribution in [0.3, 0.4) is 0 Å². The molecule has 0 fully saturated rings. The number of anilines is 1. The van der Waals surface area contributed by atoms with Gasteiger partial charge in [-0.25, -0.2) is 0 Å². The molecule has 0 saturated heterocycles. The number of nitrogens with two attached hydrogens (primary N) is 1. The van der Waals surface area contributed by atoms with Crippen LogP contribution in [0.1, 0.15) is 0 Å². The van der Waals surface area contributed by atoms with Crippen molar-refractivity contribution in [2.75, 3.05) is 5.73 Å². The zero-order valence-corrected chi connectivity index (χ0v) is 8.71. The molecule has 2 N–H and O–H groups in total. The van der Waals surface area contributed by atoms with Crippen LogP contribution in [0.2, 0.25) is 0 Å². The fraction of sp³-hybridized carbons (Fsp3) is 0. The summed E-state index contributed by atoms with van der Waals surface area (Å²) >= 11 is 0. The van der Waals surface area contributed by atoms with Crippen molar-refractivity contribution < 1.29 is 9.34 Å². The first-order chi connectivity index (χ1) is 8.15. The molecule has 0 radical (unpaired) electrons. The van der Waals surface area contributed by atoms with Gasteiger partial charge in [0.25, 0.3) is 5.69 Å². The van der Waals surface area contributed by atoms with Gasteiger partial charge < -0.3 is 10.2 Å². The van der Waals surface area contributed by atoms with E-state index < -0.39 is 4.92 Å². The standard InChI is InChI=1S/C12H8N2O3/c13-7-1-3-9-10-6-8(14(15)16)2-4-11(10)17-12(9)5-7/h1-6H,13H2. The summed E-state index contributed by atoms with van der Waals surface area (Å²) in [7, 11) is 0. The summed E-state index contributed by atoms with van der Waals surface area (Å²) in [4.78, 5) is 10.3. The van der Waals surface area contributed by atoms with E-state index in [0.717, 1.165) is 10.8 Å². The second-order valence-corrected chi connectivity index (χ2v) is 3.80. The number of hydrogen-bond acceptors (Lipinski definition) is 4. The zero-order chi connectivity index (χ0) is 12.0. The minimum atomic E-state index is -0.421. The Hall–Kier alpha value is -2.56. The Bertz CT molecular complexity index is 746. The summed E-state index contributed by atoms with van der Waals surface area (Å²) < 4.78 is 5.57. The van der Waals surface area contributed by atoms with Crippen molar-refractivity contribution in [2.45, 2.75) is 0 Å². The molecule has 0 bridgehead atoms. The molecule has 0 aliphatic heterocycles. The third kappa shape index (κ3) is 1.40. The third-order valence-corrected chi connectivity index (χ3v) is 2.69. The summed E-state index contributed by atoms with van der Waals surface area (Å²) in [6.45, 7) is 0. The number of fused-ring (bicyclic) bond motifs is 3. The molecule has 5 nitrogen and oxygen atoms in total. The Morgan fingerprint density at radius 1 is 1.06 bits per heavy atom. The second-order valence-electron chi connectivity index (χ2n) is 3.80. The Morgan fingerprint density at radius 3 is 2.65 bits per heavy atom. The van der Waals surface area contributed by atoms with Gasteiger partial charge in [-0.15, -0.1) is 0 Å². The van der Waals surface area contributed by atoms with Crippen LogP contribution in [-0.4, -0.2) is 4.92 Å². The molecule has 3 aromatic rings. The molecule has 3 rings (SSSR count). The van der Waals surface area contributed by atoms with E-state index in [-0.39, 0.29) is 5.69 Å². The maximum absolute atomic E-state index is 10.7. The molecule has 5 heteroatoms. The summed E-state index contributed by atoms with van der Waals surface area (Å²) in [5, 5.41) is 12.3. The van der Waals surface area contributed by atoms with Gasteiger partial charge in [-0.05, 0) is 18.2 Å². The third-order valence-electron chi connectivity index (χ3n) is 2.69. The molecule has 84 valence electrons. The van der Waals surface area contributed by atoms with Crippen LogP contribution in [0.5, 0.6) is 0 Å². The van der Waals surface area contributed by atoms with E-state index in [1.165, 1.54) is 12.1 Å². The predicted octanol–water partition coefficient (Wildman–Crippen LogP) is 3.08. The lowest BCUT2D eigenvalue weighted by Gasteiger charge is -1.92. The van der Waals surface area contributed by atoms with Gasteiger partial charge in [-0.3, -0.25) is 10.1 Å². The van der Waals surface area contributed by atoms with Crippen LogP contribution < -0.4 is 5.73 Å². The number of nitrogen functional groups attached to an aromatic ring is 1. The van der Waals surface area contributed by atoms with Gasteiger partial charge in [0.2, 0.25) is 0 Å². The average molecular weight is 228 g/mol. The summed E-state index contributed by atoms with van der Waals surface area (Å²) in [5.74, 6) is 0. The Kier molecular flexibility index (Phi) is 1.82. The van der Waals surface area contributed by atoms with E-state index in [0.29, 0.717) is 16.9 Å². The van der Waals surface area contributed by atoms with Gasteiger partial charge in [-0.2, -0.15) is 0 Å². The van der Waals surface area contributed by atoms with E-state index in [9.17, 15) is 10.1 Å². The summed E-state index contributed by atoms with van der Waals surface area (Å²) in [6, 6.07) is 9.80. The topological polar surface area (TPSA) is 82.3 Å². The van der Waals surface area contributed by atoms with Crippen molar-refractivity contribution in [1.82, 2.24) is 0 Å². The molecule has 0 unspecified atom stereocenters. The van der Waals surface area contributed by atoms with Crippen molar-refractivity contribution in [2.24, 2.45) is 0 Å². The van der Waals surface area contributed by atoms with Crippen LogP contribution in [0.15, 0.2) is 40.8 Å². The molecule has 0 spiro atoms. The average Bonchev–Trinajstić information content (AvgIpc) is 2.64. The van der Waals surface area contributed by atoms with E-state index in [2.05, 4.69) is 0 Å². The minimum Gasteiger partial charge on any atom is -0.456 e. The van der Waals surface area contributed by atoms with Gasteiger partial charge in [0.1, 0.15) is 11.2 Å². The van der Waals surface area contributed by atoms with Gasteiger partial charge in [0.05, 0.1) is 4.92 Å². The quantitative estimate of drug-likeness (QED) is 0.394. The first-order valence-electron chi connectivity index (χ1n) is 5.01. The fourth-order valence-electron chi connectivity index (χ4n) is 1.90. The maximum Gasteiger partial charge on any atom is 0.270 e. The number of nitro benzene ring substituents is 1. The number of hydrogen-bond donors (Lipinski definition) is 1. The number of non-ortho nitro benzene ring substituents is 1. The molecule has 0 aliphatic rings. The monoisotopic (exact) mass is 228 g/mol. The molecular weight excluding hydrogens is 220 g/mol. The highest BCUT2D eigenvalue weighted by Crippen LogP contribution is 2.32. The first kappa shape index (κ1) is 9.65. The van der Waals surface area contributed by atoms with Crippen LogP contribution in [0, 0.1) is 10.1 Å². The lowest BCUT2D eigenvalue weighted by Crippen LogP contribution is -1.86. The number of nitrogens with zero attached hydrogens (tertiary/aromatic N) is 1. The largest absolute Gasteiger partial charge is 0.456 e. The number of rotatable bonds is 1. The van der Waals surface area contributed by atoms with Crippen LogP contribution >= 0.6 is 0 Å². The highest BCUT2D eigenvalue weighted by atomic mass is 16.6. The van der Waals surface area contributed by atoms with Gasteiger partial charge in [0, 0.05) is 34.7 Å². The van der Waals surface area contributed by atoms with Crippen LogP contribution in [-0.2, 0) is 0 Å². The SMILES string of the molecule is Nc1ccc2c(c1)oc1ccc([N+](=O)[O-])cc12. The molecular formula is C12H8N2O3. The first-order valence-corrected chi connectivity index (χ1v) is 5.01. The second kappa shape index (κ2) is 3.21. The van der Waals surface area contributed by atoms with Crippen molar-refractivity contribution in [1.29, 1.82) is 0 Å². The van der Waals surface area contributed by atoms with Crippen LogP contribution in [0.4, 0.5) is 11.4 Å². The number of furan rings is 1. The van der Waals surface area contributed by atoms with Crippen molar-refractivity contribution in [3.05, 3.63) is 46.5 Å². The molecule has 1 heterocycles. The molecule has 0 aliphatic carbocycles. The predicted molar refractivity (Wildman–Crippen MR) is 64.8 cm³/mol. The van der Waals surface area contributed by atoms with Crippen LogP contribution in [0.25, 0.3) is 21.9 Å². The fourth-order valence-corrected chi connectivity index (χ4v) is 1.90. The molecule has 0 saturated carbocycles. The molecule has 2 aromatic carbocycles. The molecule has 0 atom stereocenters. The lowest BCUT2D eigenvalue weighted by atomic mass is 10.1. The number of nitro groups is 1. The van der Waals surface area contributed by atoms with E-state index in [1.807, 2.05) is 0 Å².